The Balaban J connectivity index is 2.58. The minimum Gasteiger partial charge on any atom is -0.455 e. The van der Waals surface area contributed by atoms with Crippen molar-refractivity contribution in [2.75, 3.05) is 0 Å². The van der Waals surface area contributed by atoms with Gasteiger partial charge in [0.05, 0.1) is 0 Å². The van der Waals surface area contributed by atoms with Gasteiger partial charge in [0.25, 0.3) is 5.91 Å². The molecule has 0 radical (unpaired) electrons. The van der Waals surface area contributed by atoms with Gasteiger partial charge in [-0.2, -0.15) is 0 Å². The molecule has 0 fully saturated rings. The number of amides is 1. The van der Waals surface area contributed by atoms with Crippen LogP contribution >= 0.6 is 0 Å². The van der Waals surface area contributed by atoms with Gasteiger partial charge in [0.15, 0.2) is 5.76 Å². The third kappa shape index (κ3) is 1.54. The quantitative estimate of drug-likeness (QED) is 0.759. The van der Waals surface area contributed by atoms with Crippen molar-refractivity contribution >= 4 is 11.6 Å². The molecule has 1 aromatic heterocycles. The van der Waals surface area contributed by atoms with Gasteiger partial charge in [-0.25, -0.2) is 0 Å². The van der Waals surface area contributed by atoms with Gasteiger partial charge in [-0.15, -0.1) is 0 Å². The fourth-order valence-corrected chi connectivity index (χ4v) is 2.39. The Morgan fingerprint density at radius 2 is 2.06 bits per heavy atom. The minimum absolute atomic E-state index is 0.0172. The van der Waals surface area contributed by atoms with Gasteiger partial charge in [-0.3, -0.25) is 4.79 Å². The normalized spacial score (nSPS) is 18.3. The first-order chi connectivity index (χ1) is 7.32. The Labute approximate surface area is 94.3 Å². The largest absolute Gasteiger partial charge is 0.455 e. The first-order valence-electron chi connectivity index (χ1n) is 5.32. The number of carbonyl (C=O) groups excluding carboxylic acids is 1. The van der Waals surface area contributed by atoms with Gasteiger partial charge in [-0.1, -0.05) is 13.8 Å². The number of rotatable bonds is 1. The molecule has 0 spiro atoms. The van der Waals surface area contributed by atoms with Crippen LogP contribution in [0.1, 0.15) is 47.7 Å². The molecule has 0 unspecified atom stereocenters. The Morgan fingerprint density at radius 3 is 2.62 bits per heavy atom. The summed E-state index contributed by atoms with van der Waals surface area (Å²) in [7, 11) is 0. The maximum Gasteiger partial charge on any atom is 0.284 e. The van der Waals surface area contributed by atoms with Gasteiger partial charge in [0.1, 0.15) is 5.76 Å². The van der Waals surface area contributed by atoms with E-state index in [2.05, 4.69) is 13.8 Å². The van der Waals surface area contributed by atoms with Crippen molar-refractivity contribution in [3.8, 4) is 0 Å². The molecule has 0 aliphatic heterocycles. The lowest BCUT2D eigenvalue weighted by atomic mass is 9.75. The summed E-state index contributed by atoms with van der Waals surface area (Å²) in [4.78, 5) is 11.2. The summed E-state index contributed by atoms with van der Waals surface area (Å²) in [5.74, 6) is 0.373. The van der Waals surface area contributed by atoms with E-state index in [9.17, 15) is 4.79 Å². The molecular weight excluding hydrogens is 204 g/mol. The first kappa shape index (κ1) is 10.9. The Morgan fingerprint density at radius 1 is 1.44 bits per heavy atom. The predicted molar refractivity (Wildman–Crippen MR) is 60.9 cm³/mol. The smallest absolute Gasteiger partial charge is 0.284 e. The molecule has 1 amide bonds. The lowest BCUT2D eigenvalue weighted by molar-refractivity contribution is 0.0970. The highest BCUT2D eigenvalue weighted by molar-refractivity contribution is 6.04. The number of fused-ring (bicyclic) bond motifs is 1. The standard InChI is InChI=1S/C12H16N2O2/c1-6-9-7(13)4-12(2,3)5-8(9)16-10(6)11(14)15/h13H,4-5H2,1-3H3,(H2,14,15). The van der Waals surface area contributed by atoms with Crippen LogP contribution in [0, 0.1) is 17.7 Å². The van der Waals surface area contributed by atoms with Crippen LogP contribution in [0.5, 0.6) is 0 Å². The lowest BCUT2D eigenvalue weighted by Gasteiger charge is -2.28. The molecule has 1 aliphatic rings. The van der Waals surface area contributed by atoms with E-state index in [1.54, 1.807) is 6.92 Å². The number of nitrogens with one attached hydrogen (secondary N) is 1. The van der Waals surface area contributed by atoms with E-state index in [0.717, 1.165) is 17.7 Å². The van der Waals surface area contributed by atoms with Crippen LogP contribution in [-0.4, -0.2) is 11.6 Å². The Kier molecular flexibility index (Phi) is 2.19. The molecule has 4 nitrogen and oxygen atoms in total. The van der Waals surface area contributed by atoms with Gasteiger partial charge in [0.2, 0.25) is 0 Å². The molecule has 4 heteroatoms. The monoisotopic (exact) mass is 220 g/mol. The first-order valence-corrected chi connectivity index (χ1v) is 5.32. The average Bonchev–Trinajstić information content (AvgIpc) is 2.40. The van der Waals surface area contributed by atoms with Crippen LogP contribution in [0.2, 0.25) is 0 Å². The SMILES string of the molecule is Cc1c(C(N)=O)oc2c1C(=N)CC(C)(C)C2. The summed E-state index contributed by atoms with van der Waals surface area (Å²) < 4.78 is 5.49. The molecule has 1 aliphatic carbocycles. The summed E-state index contributed by atoms with van der Waals surface area (Å²) in [6, 6.07) is 0. The topological polar surface area (TPSA) is 80.1 Å². The number of nitrogens with two attached hydrogens (primary N) is 1. The number of carbonyl (C=O) groups is 1. The van der Waals surface area contributed by atoms with Crippen molar-refractivity contribution in [3.05, 3.63) is 22.6 Å². The zero-order chi connectivity index (χ0) is 12.1. The van der Waals surface area contributed by atoms with Crippen molar-refractivity contribution in [1.29, 1.82) is 5.41 Å². The summed E-state index contributed by atoms with van der Waals surface area (Å²) >= 11 is 0. The molecule has 1 aromatic rings. The molecule has 0 aromatic carbocycles. The van der Waals surface area contributed by atoms with Gasteiger partial charge in [-0.05, 0) is 18.8 Å². The van der Waals surface area contributed by atoms with E-state index in [1.165, 1.54) is 0 Å². The maximum absolute atomic E-state index is 11.2. The highest BCUT2D eigenvalue weighted by Crippen LogP contribution is 2.38. The van der Waals surface area contributed by atoms with Gasteiger partial charge < -0.3 is 15.6 Å². The van der Waals surface area contributed by atoms with Crippen molar-refractivity contribution in [3.63, 3.8) is 0 Å². The molecule has 1 heterocycles. The molecule has 0 saturated heterocycles. The van der Waals surface area contributed by atoms with Crippen molar-refractivity contribution < 1.29 is 9.21 Å². The van der Waals surface area contributed by atoms with E-state index >= 15 is 0 Å². The van der Waals surface area contributed by atoms with E-state index in [0.29, 0.717) is 17.7 Å². The molecule has 16 heavy (non-hydrogen) atoms. The summed E-state index contributed by atoms with van der Waals surface area (Å²) in [5, 5.41) is 8.01. The molecule has 0 saturated carbocycles. The molecule has 3 N–H and O–H groups in total. The molecule has 0 bridgehead atoms. The van der Waals surface area contributed by atoms with E-state index < -0.39 is 5.91 Å². The third-order valence-corrected chi connectivity index (χ3v) is 3.04. The highest BCUT2D eigenvalue weighted by atomic mass is 16.4. The third-order valence-electron chi connectivity index (χ3n) is 3.04. The van der Waals surface area contributed by atoms with Crippen LogP contribution < -0.4 is 5.73 Å². The fraction of sp³-hybridized carbons (Fsp3) is 0.500. The number of hydrogen-bond donors (Lipinski definition) is 2. The number of furan rings is 1. The van der Waals surface area contributed by atoms with Crippen LogP contribution in [-0.2, 0) is 6.42 Å². The maximum atomic E-state index is 11.2. The average molecular weight is 220 g/mol. The summed E-state index contributed by atoms with van der Waals surface area (Å²) in [6.07, 6.45) is 1.46. The van der Waals surface area contributed by atoms with Crippen LogP contribution in [0.25, 0.3) is 0 Å². The van der Waals surface area contributed by atoms with E-state index in [4.69, 9.17) is 15.6 Å². The van der Waals surface area contributed by atoms with Gasteiger partial charge in [0, 0.05) is 23.3 Å². The summed E-state index contributed by atoms with van der Waals surface area (Å²) in [6.45, 7) is 5.97. The zero-order valence-electron chi connectivity index (χ0n) is 9.81. The number of hydrogen-bond acceptors (Lipinski definition) is 3. The second-order valence-corrected chi connectivity index (χ2v) is 5.21. The van der Waals surface area contributed by atoms with E-state index in [1.807, 2.05) is 0 Å². The highest BCUT2D eigenvalue weighted by Gasteiger charge is 2.34. The Bertz CT molecular complexity index is 483. The zero-order valence-corrected chi connectivity index (χ0v) is 9.81. The molecular formula is C12H16N2O2. The lowest BCUT2D eigenvalue weighted by Crippen LogP contribution is -2.26. The Hall–Kier alpha value is -1.58. The minimum atomic E-state index is -0.558. The van der Waals surface area contributed by atoms with Crippen molar-refractivity contribution in [2.24, 2.45) is 11.1 Å². The van der Waals surface area contributed by atoms with Gasteiger partial charge >= 0.3 is 0 Å². The second-order valence-electron chi connectivity index (χ2n) is 5.21. The van der Waals surface area contributed by atoms with Crippen LogP contribution in [0.4, 0.5) is 0 Å². The fourth-order valence-electron chi connectivity index (χ4n) is 2.39. The van der Waals surface area contributed by atoms with Crippen LogP contribution in [0.3, 0.4) is 0 Å². The van der Waals surface area contributed by atoms with E-state index in [-0.39, 0.29) is 11.2 Å². The summed E-state index contributed by atoms with van der Waals surface area (Å²) in [5.41, 5.74) is 7.29. The predicted octanol–water partition coefficient (Wildman–Crippen LogP) is 2.03. The van der Waals surface area contributed by atoms with Crippen molar-refractivity contribution in [1.82, 2.24) is 0 Å². The molecule has 86 valence electrons. The van der Waals surface area contributed by atoms with Crippen LogP contribution in [0.15, 0.2) is 4.42 Å². The molecule has 2 rings (SSSR count). The van der Waals surface area contributed by atoms with Crippen molar-refractivity contribution in [2.45, 2.75) is 33.6 Å². The molecule has 0 atom stereocenters. The second kappa shape index (κ2) is 3.20. The number of primary amides is 1.